The summed E-state index contributed by atoms with van der Waals surface area (Å²) in [6.45, 7) is 0. The standard InChI is InChI=1S/C11H7N3OS2/c15-10(13-11-14-12-6-16-11)9-5-7-3-1-2-4-8(7)17-9/h1-6H,(H,13,14,15). The molecule has 17 heavy (non-hydrogen) atoms. The molecule has 0 aliphatic carbocycles. The van der Waals surface area contributed by atoms with Gasteiger partial charge in [-0.05, 0) is 17.5 Å². The number of nitrogens with one attached hydrogen (secondary N) is 1. The van der Waals surface area contributed by atoms with Crippen LogP contribution in [0.3, 0.4) is 0 Å². The van der Waals surface area contributed by atoms with Gasteiger partial charge >= 0.3 is 0 Å². The van der Waals surface area contributed by atoms with Gasteiger partial charge in [-0.25, -0.2) is 0 Å². The molecule has 0 aliphatic heterocycles. The Kier molecular flexibility index (Phi) is 2.58. The van der Waals surface area contributed by atoms with Gasteiger partial charge in [0, 0.05) is 4.70 Å². The van der Waals surface area contributed by atoms with Gasteiger partial charge in [0.2, 0.25) is 5.13 Å². The first-order valence-electron chi connectivity index (χ1n) is 4.89. The van der Waals surface area contributed by atoms with Crippen molar-refractivity contribution in [2.75, 3.05) is 5.32 Å². The molecule has 3 aromatic rings. The number of hydrogen-bond donors (Lipinski definition) is 1. The Balaban J connectivity index is 1.90. The fraction of sp³-hybridized carbons (Fsp3) is 0. The number of nitrogens with zero attached hydrogens (tertiary/aromatic N) is 2. The predicted molar refractivity (Wildman–Crippen MR) is 69.7 cm³/mol. The van der Waals surface area contributed by atoms with Gasteiger partial charge in [-0.2, -0.15) is 0 Å². The molecule has 84 valence electrons. The van der Waals surface area contributed by atoms with E-state index in [1.54, 1.807) is 5.51 Å². The number of amides is 1. The van der Waals surface area contributed by atoms with Gasteiger partial charge in [0.15, 0.2) is 0 Å². The van der Waals surface area contributed by atoms with Gasteiger partial charge in [-0.15, -0.1) is 21.5 Å². The van der Waals surface area contributed by atoms with Crippen LogP contribution in [-0.2, 0) is 0 Å². The molecular formula is C11H7N3OS2. The smallest absolute Gasteiger partial charge is 0.267 e. The molecule has 0 spiro atoms. The number of hydrogen-bond acceptors (Lipinski definition) is 5. The summed E-state index contributed by atoms with van der Waals surface area (Å²) in [6, 6.07) is 9.80. The average molecular weight is 261 g/mol. The zero-order chi connectivity index (χ0) is 11.7. The molecule has 0 saturated carbocycles. The minimum absolute atomic E-state index is 0.136. The van der Waals surface area contributed by atoms with Crippen LogP contribution in [0.15, 0.2) is 35.8 Å². The molecule has 3 rings (SSSR count). The first kappa shape index (κ1) is 10.4. The van der Waals surface area contributed by atoms with Crippen LogP contribution in [0.2, 0.25) is 0 Å². The maximum absolute atomic E-state index is 11.9. The fourth-order valence-corrected chi connectivity index (χ4v) is 2.88. The molecule has 0 atom stereocenters. The molecule has 0 fully saturated rings. The number of thiophene rings is 1. The van der Waals surface area contributed by atoms with Crippen LogP contribution in [0.4, 0.5) is 5.13 Å². The Morgan fingerprint density at radius 3 is 2.94 bits per heavy atom. The van der Waals surface area contributed by atoms with Gasteiger partial charge in [-0.1, -0.05) is 29.5 Å². The monoisotopic (exact) mass is 261 g/mol. The van der Waals surface area contributed by atoms with Gasteiger partial charge in [-0.3, -0.25) is 10.1 Å². The zero-order valence-electron chi connectivity index (χ0n) is 8.58. The summed E-state index contributed by atoms with van der Waals surface area (Å²) in [5, 5.41) is 11.8. The van der Waals surface area contributed by atoms with Crippen molar-refractivity contribution in [3.05, 3.63) is 40.7 Å². The summed E-state index contributed by atoms with van der Waals surface area (Å²) < 4.78 is 1.11. The minimum Gasteiger partial charge on any atom is -0.296 e. The van der Waals surface area contributed by atoms with Crippen LogP contribution < -0.4 is 5.32 Å². The summed E-state index contributed by atoms with van der Waals surface area (Å²) in [5.74, 6) is -0.136. The number of benzene rings is 1. The van der Waals surface area contributed by atoms with Gasteiger partial charge in [0.1, 0.15) is 5.51 Å². The van der Waals surface area contributed by atoms with Crippen LogP contribution in [0, 0.1) is 0 Å². The van der Waals surface area contributed by atoms with Crippen LogP contribution in [-0.4, -0.2) is 16.1 Å². The normalized spacial score (nSPS) is 10.6. The van der Waals surface area contributed by atoms with Crippen molar-refractivity contribution in [1.29, 1.82) is 0 Å². The van der Waals surface area contributed by atoms with Crippen molar-refractivity contribution in [1.82, 2.24) is 10.2 Å². The van der Waals surface area contributed by atoms with E-state index in [4.69, 9.17) is 0 Å². The molecule has 2 heterocycles. The first-order chi connectivity index (χ1) is 8.33. The van der Waals surface area contributed by atoms with Crippen molar-refractivity contribution >= 4 is 43.8 Å². The third-order valence-electron chi connectivity index (χ3n) is 2.23. The Morgan fingerprint density at radius 2 is 2.18 bits per heavy atom. The van der Waals surface area contributed by atoms with Gasteiger partial charge < -0.3 is 0 Å². The summed E-state index contributed by atoms with van der Waals surface area (Å²) in [4.78, 5) is 12.6. The highest BCUT2D eigenvalue weighted by Crippen LogP contribution is 2.25. The Morgan fingerprint density at radius 1 is 1.29 bits per heavy atom. The van der Waals surface area contributed by atoms with Gasteiger partial charge in [0.25, 0.3) is 5.91 Å². The van der Waals surface area contributed by atoms with E-state index in [0.717, 1.165) is 10.1 Å². The predicted octanol–water partition coefficient (Wildman–Crippen LogP) is 3.01. The van der Waals surface area contributed by atoms with E-state index >= 15 is 0 Å². The largest absolute Gasteiger partial charge is 0.296 e. The van der Waals surface area contributed by atoms with Crippen LogP contribution in [0.5, 0.6) is 0 Å². The lowest BCUT2D eigenvalue weighted by atomic mass is 10.2. The quantitative estimate of drug-likeness (QED) is 0.771. The average Bonchev–Trinajstić information content (AvgIpc) is 2.96. The minimum atomic E-state index is -0.136. The van der Waals surface area contributed by atoms with Crippen LogP contribution in [0.1, 0.15) is 9.67 Å². The van der Waals surface area contributed by atoms with Gasteiger partial charge in [0.05, 0.1) is 4.88 Å². The molecular weight excluding hydrogens is 254 g/mol. The number of rotatable bonds is 2. The van der Waals surface area contributed by atoms with E-state index in [2.05, 4.69) is 15.5 Å². The molecule has 1 N–H and O–H groups in total. The second kappa shape index (κ2) is 4.23. The van der Waals surface area contributed by atoms with E-state index in [1.807, 2.05) is 30.3 Å². The summed E-state index contributed by atoms with van der Waals surface area (Å²) in [6.07, 6.45) is 0. The highest BCUT2D eigenvalue weighted by atomic mass is 32.1. The molecule has 0 unspecified atom stereocenters. The maximum Gasteiger partial charge on any atom is 0.267 e. The zero-order valence-corrected chi connectivity index (χ0v) is 10.2. The first-order valence-corrected chi connectivity index (χ1v) is 6.58. The number of carbonyl (C=O) groups excluding carboxylic acids is 1. The third kappa shape index (κ3) is 2.04. The summed E-state index contributed by atoms with van der Waals surface area (Å²) >= 11 is 2.77. The van der Waals surface area contributed by atoms with E-state index in [-0.39, 0.29) is 5.91 Å². The molecule has 0 saturated heterocycles. The SMILES string of the molecule is O=C(Nc1nncs1)c1cc2ccccc2s1. The Bertz CT molecular complexity index is 627. The summed E-state index contributed by atoms with van der Waals surface area (Å²) in [5.41, 5.74) is 1.58. The second-order valence-corrected chi connectivity index (χ2v) is 5.26. The van der Waals surface area contributed by atoms with Crippen LogP contribution in [0.25, 0.3) is 10.1 Å². The van der Waals surface area contributed by atoms with E-state index in [9.17, 15) is 4.79 Å². The maximum atomic E-state index is 11.9. The lowest BCUT2D eigenvalue weighted by molar-refractivity contribution is 0.103. The highest BCUT2D eigenvalue weighted by molar-refractivity contribution is 7.21. The third-order valence-corrected chi connectivity index (χ3v) is 3.95. The Labute approximate surface area is 105 Å². The highest BCUT2D eigenvalue weighted by Gasteiger charge is 2.11. The molecule has 0 radical (unpaired) electrons. The van der Waals surface area contributed by atoms with E-state index in [0.29, 0.717) is 10.0 Å². The van der Waals surface area contributed by atoms with Crippen molar-refractivity contribution in [3.8, 4) is 0 Å². The lowest BCUT2D eigenvalue weighted by Gasteiger charge is -1.95. The second-order valence-electron chi connectivity index (χ2n) is 3.35. The van der Waals surface area contributed by atoms with Crippen molar-refractivity contribution in [3.63, 3.8) is 0 Å². The molecule has 0 aliphatic rings. The topological polar surface area (TPSA) is 54.9 Å². The number of carbonyl (C=O) groups is 1. The van der Waals surface area contributed by atoms with Crippen molar-refractivity contribution in [2.24, 2.45) is 0 Å². The Hall–Kier alpha value is -1.79. The molecule has 6 heteroatoms. The molecule has 4 nitrogen and oxygen atoms in total. The fourth-order valence-electron chi connectivity index (χ4n) is 1.48. The molecule has 1 aromatic carbocycles. The van der Waals surface area contributed by atoms with E-state index in [1.165, 1.54) is 22.7 Å². The molecule has 1 amide bonds. The lowest BCUT2D eigenvalue weighted by Crippen LogP contribution is -2.09. The summed E-state index contributed by atoms with van der Waals surface area (Å²) in [7, 11) is 0. The molecule has 0 bridgehead atoms. The number of aromatic nitrogens is 2. The molecule has 2 aromatic heterocycles. The van der Waals surface area contributed by atoms with Crippen molar-refractivity contribution < 1.29 is 4.79 Å². The number of anilines is 1. The van der Waals surface area contributed by atoms with Crippen molar-refractivity contribution in [2.45, 2.75) is 0 Å². The van der Waals surface area contributed by atoms with E-state index < -0.39 is 0 Å². The number of fused-ring (bicyclic) bond motifs is 1. The van der Waals surface area contributed by atoms with Crippen LogP contribution >= 0.6 is 22.7 Å².